The first-order valence-electron chi connectivity index (χ1n) is 6.82. The van der Waals surface area contributed by atoms with Gasteiger partial charge in [-0.1, -0.05) is 6.42 Å². The van der Waals surface area contributed by atoms with Crippen LogP contribution in [0.1, 0.15) is 25.7 Å². The molecular weight excluding hydrogens is 273 g/mol. The molecule has 0 aromatic heterocycles. The van der Waals surface area contributed by atoms with E-state index in [1.807, 2.05) is 0 Å². The highest BCUT2D eigenvalue weighted by Gasteiger charge is 2.43. The Hall–Kier alpha value is -0.820. The van der Waals surface area contributed by atoms with Gasteiger partial charge in [0.05, 0.1) is 12.5 Å². The summed E-state index contributed by atoms with van der Waals surface area (Å²) in [5.74, 6) is -2.15. The third-order valence-electron chi connectivity index (χ3n) is 3.75. The minimum absolute atomic E-state index is 0.105. The van der Waals surface area contributed by atoms with E-state index in [1.54, 1.807) is 7.05 Å². The SMILES string of the molecule is COCC(N)CN(C)C(=O)C1CCCC(C(F)(F)F)C1. The molecule has 0 radical (unpaired) electrons. The summed E-state index contributed by atoms with van der Waals surface area (Å²) < 4.78 is 43.1. The van der Waals surface area contributed by atoms with Crippen molar-refractivity contribution >= 4 is 5.91 Å². The lowest BCUT2D eigenvalue weighted by molar-refractivity contribution is -0.187. The molecule has 0 aliphatic heterocycles. The van der Waals surface area contributed by atoms with Gasteiger partial charge in [-0.25, -0.2) is 0 Å². The largest absolute Gasteiger partial charge is 0.391 e. The van der Waals surface area contributed by atoms with E-state index >= 15 is 0 Å². The molecule has 7 heteroatoms. The van der Waals surface area contributed by atoms with Crippen LogP contribution >= 0.6 is 0 Å². The Morgan fingerprint density at radius 3 is 2.65 bits per heavy atom. The predicted octanol–water partition coefficient (Wildman–Crippen LogP) is 1.79. The van der Waals surface area contributed by atoms with Crippen molar-refractivity contribution < 1.29 is 22.7 Å². The van der Waals surface area contributed by atoms with E-state index in [0.29, 0.717) is 26.0 Å². The van der Waals surface area contributed by atoms with Gasteiger partial charge in [-0.3, -0.25) is 4.79 Å². The first-order valence-corrected chi connectivity index (χ1v) is 6.82. The molecule has 3 unspecified atom stereocenters. The highest BCUT2D eigenvalue weighted by Crippen LogP contribution is 2.40. The Morgan fingerprint density at radius 1 is 1.45 bits per heavy atom. The zero-order chi connectivity index (χ0) is 15.3. The van der Waals surface area contributed by atoms with Crippen LogP contribution in [0.2, 0.25) is 0 Å². The second-order valence-electron chi connectivity index (χ2n) is 5.54. The number of ether oxygens (including phenoxy) is 1. The van der Waals surface area contributed by atoms with Crippen LogP contribution in [0.5, 0.6) is 0 Å². The Bertz CT molecular complexity index is 323. The van der Waals surface area contributed by atoms with Crippen LogP contribution in [0.4, 0.5) is 13.2 Å². The Morgan fingerprint density at radius 2 is 2.10 bits per heavy atom. The molecule has 0 spiro atoms. The van der Waals surface area contributed by atoms with Crippen LogP contribution in [0, 0.1) is 11.8 Å². The fraction of sp³-hybridized carbons (Fsp3) is 0.923. The molecule has 1 amide bonds. The van der Waals surface area contributed by atoms with Crippen molar-refractivity contribution in [3.8, 4) is 0 Å². The van der Waals surface area contributed by atoms with Gasteiger partial charge in [0.2, 0.25) is 5.91 Å². The quantitative estimate of drug-likeness (QED) is 0.841. The average molecular weight is 296 g/mol. The van der Waals surface area contributed by atoms with Gasteiger partial charge >= 0.3 is 6.18 Å². The highest BCUT2D eigenvalue weighted by atomic mass is 19.4. The van der Waals surface area contributed by atoms with Gasteiger partial charge < -0.3 is 15.4 Å². The smallest absolute Gasteiger partial charge is 0.383 e. The highest BCUT2D eigenvalue weighted by molar-refractivity contribution is 5.78. The van der Waals surface area contributed by atoms with Crippen molar-refractivity contribution in [2.75, 3.05) is 27.3 Å². The monoisotopic (exact) mass is 296 g/mol. The predicted molar refractivity (Wildman–Crippen MR) is 69.0 cm³/mol. The Labute approximate surface area is 117 Å². The van der Waals surface area contributed by atoms with Crippen LogP contribution in [0.25, 0.3) is 0 Å². The zero-order valence-electron chi connectivity index (χ0n) is 11.9. The van der Waals surface area contributed by atoms with E-state index in [0.717, 1.165) is 0 Å². The number of hydrogen-bond acceptors (Lipinski definition) is 3. The van der Waals surface area contributed by atoms with Crippen LogP contribution in [0.3, 0.4) is 0 Å². The molecule has 4 nitrogen and oxygen atoms in total. The second kappa shape index (κ2) is 7.26. The molecule has 1 fully saturated rings. The summed E-state index contributed by atoms with van der Waals surface area (Å²) in [4.78, 5) is 13.6. The number of nitrogens with two attached hydrogens (primary N) is 1. The standard InChI is InChI=1S/C13H23F3N2O2/c1-18(7-11(17)8-20-2)12(19)9-4-3-5-10(6-9)13(14,15)16/h9-11H,3-8,17H2,1-2H3. The van der Waals surface area contributed by atoms with E-state index in [2.05, 4.69) is 0 Å². The number of nitrogens with zero attached hydrogens (tertiary/aromatic N) is 1. The molecule has 1 rings (SSSR count). The molecule has 0 bridgehead atoms. The molecule has 0 saturated heterocycles. The molecule has 1 aliphatic rings. The number of hydrogen-bond donors (Lipinski definition) is 1. The van der Waals surface area contributed by atoms with Gasteiger partial charge in [0.1, 0.15) is 0 Å². The van der Waals surface area contributed by atoms with Gasteiger partial charge in [0.15, 0.2) is 0 Å². The minimum Gasteiger partial charge on any atom is -0.383 e. The summed E-state index contributed by atoms with van der Waals surface area (Å²) in [6, 6.07) is -0.323. The topological polar surface area (TPSA) is 55.6 Å². The van der Waals surface area contributed by atoms with E-state index in [9.17, 15) is 18.0 Å². The van der Waals surface area contributed by atoms with Crippen molar-refractivity contribution in [3.63, 3.8) is 0 Å². The molecule has 20 heavy (non-hydrogen) atoms. The minimum atomic E-state index is -4.20. The number of amides is 1. The number of carbonyl (C=O) groups excluding carboxylic acids is 1. The summed E-state index contributed by atoms with van der Waals surface area (Å²) in [5, 5.41) is 0. The van der Waals surface area contributed by atoms with E-state index < -0.39 is 18.0 Å². The van der Waals surface area contributed by atoms with Crippen LogP contribution in [0.15, 0.2) is 0 Å². The molecule has 1 aliphatic carbocycles. The third-order valence-corrected chi connectivity index (χ3v) is 3.75. The number of methoxy groups -OCH3 is 1. The van der Waals surface area contributed by atoms with Crippen LogP contribution < -0.4 is 5.73 Å². The maximum atomic E-state index is 12.7. The molecule has 2 N–H and O–H groups in total. The molecule has 0 aromatic carbocycles. The lowest BCUT2D eigenvalue weighted by Gasteiger charge is -2.32. The number of halogens is 3. The fourth-order valence-corrected chi connectivity index (χ4v) is 2.73. The van der Waals surface area contributed by atoms with Gasteiger partial charge in [0.25, 0.3) is 0 Å². The zero-order valence-corrected chi connectivity index (χ0v) is 11.9. The van der Waals surface area contributed by atoms with Gasteiger partial charge in [-0.2, -0.15) is 13.2 Å². The number of rotatable bonds is 5. The fourth-order valence-electron chi connectivity index (χ4n) is 2.73. The molecular formula is C13H23F3N2O2. The van der Waals surface area contributed by atoms with Crippen molar-refractivity contribution in [3.05, 3.63) is 0 Å². The maximum absolute atomic E-state index is 12.7. The first kappa shape index (κ1) is 17.2. The van der Waals surface area contributed by atoms with Crippen LogP contribution in [-0.2, 0) is 9.53 Å². The number of alkyl halides is 3. The molecule has 0 aromatic rings. The summed E-state index contributed by atoms with van der Waals surface area (Å²) >= 11 is 0. The Balaban J connectivity index is 2.53. The van der Waals surface area contributed by atoms with Gasteiger partial charge in [-0.15, -0.1) is 0 Å². The summed E-state index contributed by atoms with van der Waals surface area (Å²) in [6.45, 7) is 0.604. The van der Waals surface area contributed by atoms with E-state index in [4.69, 9.17) is 10.5 Å². The van der Waals surface area contributed by atoms with Crippen LogP contribution in [-0.4, -0.2) is 50.3 Å². The normalized spacial score (nSPS) is 25.3. The van der Waals surface area contributed by atoms with Crippen molar-refractivity contribution in [2.24, 2.45) is 17.6 Å². The molecule has 118 valence electrons. The number of carbonyl (C=O) groups is 1. The Kier molecular flexibility index (Phi) is 6.26. The maximum Gasteiger partial charge on any atom is 0.391 e. The van der Waals surface area contributed by atoms with Gasteiger partial charge in [-0.05, 0) is 19.3 Å². The van der Waals surface area contributed by atoms with E-state index in [1.165, 1.54) is 12.0 Å². The first-order chi connectivity index (χ1) is 9.25. The van der Waals surface area contributed by atoms with E-state index in [-0.39, 0.29) is 24.8 Å². The molecule has 3 atom stereocenters. The van der Waals surface area contributed by atoms with Crippen molar-refractivity contribution in [1.29, 1.82) is 0 Å². The number of likely N-dealkylation sites (N-methyl/N-ethyl adjacent to an activating group) is 1. The average Bonchev–Trinajstić information content (AvgIpc) is 2.37. The molecule has 1 saturated carbocycles. The second-order valence-corrected chi connectivity index (χ2v) is 5.54. The molecule has 0 heterocycles. The lowest BCUT2D eigenvalue weighted by Crippen LogP contribution is -2.44. The van der Waals surface area contributed by atoms with Gasteiger partial charge in [0, 0.05) is 32.7 Å². The van der Waals surface area contributed by atoms with Crippen molar-refractivity contribution in [2.45, 2.75) is 37.9 Å². The summed E-state index contributed by atoms with van der Waals surface area (Å²) in [5.41, 5.74) is 5.75. The van der Waals surface area contributed by atoms with Crippen molar-refractivity contribution in [1.82, 2.24) is 4.90 Å². The third kappa shape index (κ3) is 4.94. The summed E-state index contributed by atoms with van der Waals surface area (Å²) in [6.07, 6.45) is -3.22. The lowest BCUT2D eigenvalue weighted by atomic mass is 9.80. The summed E-state index contributed by atoms with van der Waals surface area (Å²) in [7, 11) is 3.09.